The summed E-state index contributed by atoms with van der Waals surface area (Å²) in [5.74, 6) is 0.866. The molecule has 0 aromatic heterocycles. The van der Waals surface area contributed by atoms with Crippen LogP contribution in [0, 0.1) is 11.7 Å². The van der Waals surface area contributed by atoms with E-state index in [1.807, 2.05) is 6.07 Å². The number of allylic oxidation sites excluding steroid dienone is 1. The third-order valence-corrected chi connectivity index (χ3v) is 5.20. The molecule has 3 rings (SSSR count). The minimum Gasteiger partial charge on any atom is -0.205 e. The lowest BCUT2D eigenvalue weighted by atomic mass is 9.78. The van der Waals surface area contributed by atoms with Gasteiger partial charge in [0.05, 0.1) is 5.02 Å². The van der Waals surface area contributed by atoms with E-state index in [-0.39, 0.29) is 10.8 Å². The highest BCUT2D eigenvalue weighted by Crippen LogP contribution is 2.37. The van der Waals surface area contributed by atoms with Gasteiger partial charge in [0, 0.05) is 5.54 Å². The molecule has 0 nitrogen and oxygen atoms in total. The normalized spacial score (nSPS) is 21.7. The van der Waals surface area contributed by atoms with E-state index in [0.29, 0.717) is 11.8 Å². The molecular formula is C20H19Cl2F. The van der Waals surface area contributed by atoms with Gasteiger partial charge in [-0.3, -0.25) is 0 Å². The highest BCUT2D eigenvalue weighted by Gasteiger charge is 2.20. The van der Waals surface area contributed by atoms with Crippen molar-refractivity contribution in [1.82, 2.24) is 0 Å². The first-order valence-corrected chi connectivity index (χ1v) is 8.81. The topological polar surface area (TPSA) is 0 Å². The van der Waals surface area contributed by atoms with Gasteiger partial charge in [0.25, 0.3) is 0 Å². The van der Waals surface area contributed by atoms with Crippen molar-refractivity contribution in [3.05, 3.63) is 70.5 Å². The first-order valence-electron chi connectivity index (χ1n) is 7.99. The van der Waals surface area contributed by atoms with Gasteiger partial charge in [0.2, 0.25) is 0 Å². The van der Waals surface area contributed by atoms with Crippen LogP contribution in [0.15, 0.2) is 54.1 Å². The first kappa shape index (κ1) is 16.5. The highest BCUT2D eigenvalue weighted by atomic mass is 35.5. The smallest absolute Gasteiger partial charge is 0.142 e. The highest BCUT2D eigenvalue weighted by molar-refractivity contribution is 6.30. The molecule has 0 atom stereocenters. The largest absolute Gasteiger partial charge is 0.205 e. The molecular weight excluding hydrogens is 330 g/mol. The lowest BCUT2D eigenvalue weighted by Gasteiger charge is -2.27. The van der Waals surface area contributed by atoms with Crippen LogP contribution >= 0.6 is 23.2 Å². The van der Waals surface area contributed by atoms with E-state index in [0.717, 1.165) is 11.1 Å². The summed E-state index contributed by atoms with van der Waals surface area (Å²) in [5, 5.41) is 0.160. The van der Waals surface area contributed by atoms with Crippen molar-refractivity contribution in [2.24, 2.45) is 5.92 Å². The molecule has 0 amide bonds. The summed E-state index contributed by atoms with van der Waals surface area (Å²) in [6.07, 6.45) is 6.88. The lowest BCUT2D eigenvalue weighted by Crippen LogP contribution is -2.11. The van der Waals surface area contributed by atoms with Gasteiger partial charge in [-0.15, -0.1) is 0 Å². The Hall–Kier alpha value is -1.31. The van der Waals surface area contributed by atoms with Gasteiger partial charge in [-0.2, -0.15) is 0 Å². The third kappa shape index (κ3) is 3.97. The molecule has 0 unspecified atom stereocenters. The first-order chi connectivity index (χ1) is 11.2. The molecule has 2 aromatic carbocycles. The Bertz CT molecular complexity index is 683. The van der Waals surface area contributed by atoms with E-state index < -0.39 is 0 Å². The van der Waals surface area contributed by atoms with Gasteiger partial charge in [-0.1, -0.05) is 59.6 Å². The second-order valence-corrected chi connectivity index (χ2v) is 6.84. The molecule has 0 aliphatic heterocycles. The number of hydrogen-bond acceptors (Lipinski definition) is 0. The Balaban J connectivity index is 1.71. The van der Waals surface area contributed by atoms with Crippen LogP contribution in [0.1, 0.15) is 37.2 Å². The summed E-state index contributed by atoms with van der Waals surface area (Å²) < 4.78 is 13.6. The summed E-state index contributed by atoms with van der Waals surface area (Å²) in [4.78, 5) is 0. The summed E-state index contributed by atoms with van der Waals surface area (Å²) >= 11 is 11.4. The third-order valence-electron chi connectivity index (χ3n) is 4.75. The van der Waals surface area contributed by atoms with Crippen LogP contribution in [-0.4, -0.2) is 0 Å². The molecule has 1 aliphatic rings. The molecule has 0 heterocycles. The molecule has 1 saturated carbocycles. The Kier molecular flexibility index (Phi) is 5.40. The molecule has 2 aromatic rings. The summed E-state index contributed by atoms with van der Waals surface area (Å²) in [6.45, 7) is 0. The Morgan fingerprint density at radius 2 is 1.57 bits per heavy atom. The van der Waals surface area contributed by atoms with Crippen molar-refractivity contribution in [3.8, 4) is 11.1 Å². The zero-order chi connectivity index (χ0) is 16.2. The van der Waals surface area contributed by atoms with Crippen molar-refractivity contribution < 1.29 is 4.39 Å². The SMILES string of the molecule is Fc1cc(-c2ccc(C3CCC(/C=C/Cl)CC3)cc2)ccc1Cl. The fourth-order valence-corrected chi connectivity index (χ4v) is 3.69. The zero-order valence-corrected chi connectivity index (χ0v) is 14.3. The number of halogens is 3. The molecule has 3 heteroatoms. The number of rotatable bonds is 3. The molecule has 1 aliphatic carbocycles. The minimum atomic E-state index is -0.376. The van der Waals surface area contributed by atoms with Gasteiger partial charge in [-0.25, -0.2) is 4.39 Å². The van der Waals surface area contributed by atoms with Crippen LogP contribution in [0.3, 0.4) is 0 Å². The second-order valence-electron chi connectivity index (χ2n) is 6.18. The summed E-state index contributed by atoms with van der Waals surface area (Å²) in [7, 11) is 0. The molecule has 0 spiro atoms. The van der Waals surface area contributed by atoms with Gasteiger partial charge in [-0.05, 0) is 66.3 Å². The van der Waals surface area contributed by atoms with E-state index in [4.69, 9.17) is 23.2 Å². The van der Waals surface area contributed by atoms with Crippen molar-refractivity contribution in [2.45, 2.75) is 31.6 Å². The molecule has 23 heavy (non-hydrogen) atoms. The van der Waals surface area contributed by atoms with Gasteiger partial charge >= 0.3 is 0 Å². The predicted octanol–water partition coefficient (Wildman–Crippen LogP) is 7.17. The van der Waals surface area contributed by atoms with E-state index in [9.17, 15) is 4.39 Å². The van der Waals surface area contributed by atoms with Gasteiger partial charge in [0.1, 0.15) is 5.82 Å². The average Bonchev–Trinajstić information content (AvgIpc) is 2.59. The molecule has 0 bridgehead atoms. The molecule has 120 valence electrons. The number of hydrogen-bond donors (Lipinski definition) is 0. The van der Waals surface area contributed by atoms with E-state index in [1.165, 1.54) is 37.3 Å². The van der Waals surface area contributed by atoms with Crippen molar-refractivity contribution >= 4 is 23.2 Å². The summed E-state index contributed by atoms with van der Waals surface area (Å²) in [5.41, 5.74) is 4.89. The molecule has 0 radical (unpaired) electrons. The fourth-order valence-electron chi connectivity index (χ4n) is 3.37. The Morgan fingerprint density at radius 3 is 2.17 bits per heavy atom. The standard InChI is InChI=1S/C20H19Cl2F/c21-12-11-14-1-3-15(4-2-14)16-5-7-17(8-6-16)18-9-10-19(22)20(23)13-18/h5-15H,1-4H2/b12-11+. The maximum absolute atomic E-state index is 13.6. The molecule has 0 saturated heterocycles. The monoisotopic (exact) mass is 348 g/mol. The van der Waals surface area contributed by atoms with Crippen LogP contribution in [-0.2, 0) is 0 Å². The number of benzene rings is 2. The predicted molar refractivity (Wildman–Crippen MR) is 96.5 cm³/mol. The average molecular weight is 349 g/mol. The minimum absolute atomic E-state index is 0.160. The quantitative estimate of drug-likeness (QED) is 0.551. The van der Waals surface area contributed by atoms with Crippen molar-refractivity contribution in [2.75, 3.05) is 0 Å². The molecule has 1 fully saturated rings. The second kappa shape index (κ2) is 7.51. The van der Waals surface area contributed by atoms with Crippen LogP contribution in [0.25, 0.3) is 11.1 Å². The van der Waals surface area contributed by atoms with Crippen LogP contribution in [0.4, 0.5) is 4.39 Å². The van der Waals surface area contributed by atoms with Crippen LogP contribution in [0.2, 0.25) is 5.02 Å². The fraction of sp³-hybridized carbons (Fsp3) is 0.300. The summed E-state index contributed by atoms with van der Waals surface area (Å²) in [6, 6.07) is 13.4. The van der Waals surface area contributed by atoms with Crippen LogP contribution < -0.4 is 0 Å². The van der Waals surface area contributed by atoms with E-state index >= 15 is 0 Å². The van der Waals surface area contributed by atoms with Gasteiger partial charge in [0.15, 0.2) is 0 Å². The van der Waals surface area contributed by atoms with Crippen LogP contribution in [0.5, 0.6) is 0 Å². The Morgan fingerprint density at radius 1 is 0.913 bits per heavy atom. The lowest BCUT2D eigenvalue weighted by molar-refractivity contribution is 0.376. The zero-order valence-electron chi connectivity index (χ0n) is 12.8. The van der Waals surface area contributed by atoms with Gasteiger partial charge < -0.3 is 0 Å². The maximum Gasteiger partial charge on any atom is 0.142 e. The molecule has 0 N–H and O–H groups in total. The van der Waals surface area contributed by atoms with Crippen molar-refractivity contribution in [1.29, 1.82) is 0 Å². The van der Waals surface area contributed by atoms with E-state index in [1.54, 1.807) is 11.6 Å². The Labute approximate surface area is 146 Å². The van der Waals surface area contributed by atoms with E-state index in [2.05, 4.69) is 30.3 Å². The maximum atomic E-state index is 13.6. The van der Waals surface area contributed by atoms with Crippen molar-refractivity contribution in [3.63, 3.8) is 0 Å².